The Morgan fingerprint density at radius 3 is 2.63 bits per heavy atom. The first kappa shape index (κ1) is 19.0. The summed E-state index contributed by atoms with van der Waals surface area (Å²) in [4.78, 5) is 26.3. The summed E-state index contributed by atoms with van der Waals surface area (Å²) in [5.41, 5.74) is 0.368. The molecule has 2 aromatic heterocycles. The zero-order valence-electron chi connectivity index (χ0n) is 14.6. The molecule has 0 aromatic carbocycles. The van der Waals surface area contributed by atoms with Gasteiger partial charge in [-0.05, 0) is 25.1 Å². The van der Waals surface area contributed by atoms with Gasteiger partial charge < -0.3 is 15.0 Å². The molecule has 3 rings (SSSR count). The van der Waals surface area contributed by atoms with E-state index in [9.17, 15) is 18.0 Å². The second kappa shape index (κ2) is 7.87. The van der Waals surface area contributed by atoms with Crippen molar-refractivity contribution in [3.8, 4) is 0 Å². The van der Waals surface area contributed by atoms with Gasteiger partial charge in [0.15, 0.2) is 0 Å². The summed E-state index contributed by atoms with van der Waals surface area (Å²) < 4.78 is 42.9. The smallest absolute Gasteiger partial charge is 0.378 e. The van der Waals surface area contributed by atoms with Crippen molar-refractivity contribution < 1.29 is 22.7 Å². The number of anilines is 1. The lowest BCUT2D eigenvalue weighted by atomic mass is 10.2. The van der Waals surface area contributed by atoms with E-state index in [1.165, 1.54) is 0 Å². The summed E-state index contributed by atoms with van der Waals surface area (Å²) >= 11 is 0. The van der Waals surface area contributed by atoms with Crippen molar-refractivity contribution in [2.75, 3.05) is 31.2 Å². The fourth-order valence-electron chi connectivity index (χ4n) is 2.58. The molecular weight excluding hydrogens is 363 g/mol. The number of pyridine rings is 1. The highest BCUT2D eigenvalue weighted by molar-refractivity contribution is 5.93. The van der Waals surface area contributed by atoms with Crippen molar-refractivity contribution in [2.45, 2.75) is 19.6 Å². The molecule has 1 aliphatic heterocycles. The van der Waals surface area contributed by atoms with Gasteiger partial charge in [-0.1, -0.05) is 0 Å². The normalized spacial score (nSPS) is 14.9. The van der Waals surface area contributed by atoms with Crippen LogP contribution in [-0.4, -0.2) is 47.2 Å². The van der Waals surface area contributed by atoms with Crippen molar-refractivity contribution in [1.29, 1.82) is 0 Å². The molecule has 10 heteroatoms. The molecular formula is C17H18F3N5O2. The molecule has 0 unspecified atom stereocenters. The molecule has 0 radical (unpaired) electrons. The Kier molecular flexibility index (Phi) is 5.54. The summed E-state index contributed by atoms with van der Waals surface area (Å²) in [5.74, 6) is 0.0409. The number of nitrogens with zero attached hydrogens (tertiary/aromatic N) is 4. The van der Waals surface area contributed by atoms with Gasteiger partial charge in [-0.2, -0.15) is 13.2 Å². The van der Waals surface area contributed by atoms with Crippen LogP contribution in [0.3, 0.4) is 0 Å². The maximum atomic E-state index is 12.5. The molecule has 1 N–H and O–H groups in total. The number of morpholine rings is 1. The number of nitrogens with one attached hydrogen (secondary N) is 1. The van der Waals surface area contributed by atoms with E-state index in [4.69, 9.17) is 4.74 Å². The molecule has 7 nitrogen and oxygen atoms in total. The van der Waals surface area contributed by atoms with E-state index in [0.717, 1.165) is 24.0 Å². The molecule has 1 saturated heterocycles. The molecule has 0 bridgehead atoms. The van der Waals surface area contributed by atoms with E-state index >= 15 is 0 Å². The minimum absolute atomic E-state index is 0.0437. The second-order valence-corrected chi connectivity index (χ2v) is 6.01. The number of rotatable bonds is 4. The monoisotopic (exact) mass is 381 g/mol. The number of aryl methyl sites for hydroxylation is 1. The molecule has 0 spiro atoms. The highest BCUT2D eigenvalue weighted by Crippen LogP contribution is 2.27. The maximum Gasteiger partial charge on any atom is 0.433 e. The van der Waals surface area contributed by atoms with Crippen molar-refractivity contribution in [1.82, 2.24) is 20.3 Å². The summed E-state index contributed by atoms with van der Waals surface area (Å²) in [5, 5.41) is 2.64. The van der Waals surface area contributed by atoms with Gasteiger partial charge in [0.05, 0.1) is 31.0 Å². The standard InChI is InChI=1S/C17H18F3N5O2/c1-11-8-13(24-16(23-11)25-4-6-27-7-5-25)10-22-15(26)12-2-3-14(21-9-12)17(18,19)20/h2-3,8-9H,4-7,10H2,1H3,(H,22,26). The average molecular weight is 381 g/mol. The van der Waals surface area contributed by atoms with Gasteiger partial charge in [-0.3, -0.25) is 9.78 Å². The van der Waals surface area contributed by atoms with Gasteiger partial charge in [0.1, 0.15) is 5.69 Å². The second-order valence-electron chi connectivity index (χ2n) is 6.01. The lowest BCUT2D eigenvalue weighted by Crippen LogP contribution is -2.37. The Morgan fingerprint density at radius 1 is 1.26 bits per heavy atom. The number of hydrogen-bond acceptors (Lipinski definition) is 6. The first-order valence-corrected chi connectivity index (χ1v) is 8.31. The minimum Gasteiger partial charge on any atom is -0.378 e. The van der Waals surface area contributed by atoms with Crippen LogP contribution in [0.4, 0.5) is 19.1 Å². The zero-order chi connectivity index (χ0) is 19.4. The van der Waals surface area contributed by atoms with E-state index in [1.54, 1.807) is 6.07 Å². The van der Waals surface area contributed by atoms with Crippen molar-refractivity contribution in [2.24, 2.45) is 0 Å². The highest BCUT2D eigenvalue weighted by atomic mass is 19.4. The van der Waals surface area contributed by atoms with Crippen LogP contribution in [-0.2, 0) is 17.5 Å². The lowest BCUT2D eigenvalue weighted by Gasteiger charge is -2.27. The number of carbonyl (C=O) groups is 1. The van der Waals surface area contributed by atoms with Crippen LogP contribution < -0.4 is 10.2 Å². The summed E-state index contributed by atoms with van der Waals surface area (Å²) in [6, 6.07) is 3.62. The molecule has 0 saturated carbocycles. The quantitative estimate of drug-likeness (QED) is 0.872. The third-order valence-corrected chi connectivity index (χ3v) is 3.94. The minimum atomic E-state index is -4.54. The molecule has 1 aliphatic rings. The van der Waals surface area contributed by atoms with Crippen LogP contribution in [0.15, 0.2) is 24.4 Å². The molecule has 1 amide bonds. The van der Waals surface area contributed by atoms with Gasteiger partial charge in [0.2, 0.25) is 5.95 Å². The Bertz CT molecular complexity index is 805. The molecule has 144 valence electrons. The lowest BCUT2D eigenvalue weighted by molar-refractivity contribution is -0.141. The fraction of sp³-hybridized carbons (Fsp3) is 0.412. The third-order valence-electron chi connectivity index (χ3n) is 3.94. The van der Waals surface area contributed by atoms with Crippen molar-refractivity contribution >= 4 is 11.9 Å². The highest BCUT2D eigenvalue weighted by Gasteiger charge is 2.32. The van der Waals surface area contributed by atoms with Crippen LogP contribution in [0.25, 0.3) is 0 Å². The number of halogens is 3. The molecule has 0 aliphatic carbocycles. The number of alkyl halides is 3. The van der Waals surface area contributed by atoms with Crippen LogP contribution >= 0.6 is 0 Å². The van der Waals surface area contributed by atoms with E-state index in [1.807, 2.05) is 11.8 Å². The Morgan fingerprint density at radius 2 is 2.00 bits per heavy atom. The Labute approximate surface area is 153 Å². The predicted molar refractivity (Wildman–Crippen MR) is 90.2 cm³/mol. The molecule has 27 heavy (non-hydrogen) atoms. The van der Waals surface area contributed by atoms with Gasteiger partial charge >= 0.3 is 6.18 Å². The SMILES string of the molecule is Cc1cc(CNC(=O)c2ccc(C(F)(F)F)nc2)nc(N2CCOCC2)n1. The van der Waals surface area contributed by atoms with Gasteiger partial charge in [0, 0.05) is 25.0 Å². The number of ether oxygens (including phenoxy) is 1. The van der Waals surface area contributed by atoms with Crippen LogP contribution in [0.5, 0.6) is 0 Å². The van der Waals surface area contributed by atoms with E-state index in [0.29, 0.717) is 37.9 Å². The molecule has 3 heterocycles. The molecule has 2 aromatic rings. The van der Waals surface area contributed by atoms with Crippen LogP contribution in [0.1, 0.15) is 27.4 Å². The number of amides is 1. The summed E-state index contributed by atoms with van der Waals surface area (Å²) in [6.45, 7) is 4.53. The average Bonchev–Trinajstić information content (AvgIpc) is 2.66. The maximum absolute atomic E-state index is 12.5. The number of aromatic nitrogens is 3. The zero-order valence-corrected chi connectivity index (χ0v) is 14.6. The summed E-state index contributed by atoms with van der Waals surface area (Å²) in [6.07, 6.45) is -3.63. The molecule has 1 fully saturated rings. The first-order valence-electron chi connectivity index (χ1n) is 8.31. The van der Waals surface area contributed by atoms with Crippen LogP contribution in [0.2, 0.25) is 0 Å². The Hall–Kier alpha value is -2.75. The van der Waals surface area contributed by atoms with Gasteiger partial charge in [-0.15, -0.1) is 0 Å². The number of hydrogen-bond donors (Lipinski definition) is 1. The largest absolute Gasteiger partial charge is 0.433 e. The first-order chi connectivity index (χ1) is 12.8. The topological polar surface area (TPSA) is 80.2 Å². The van der Waals surface area contributed by atoms with E-state index in [2.05, 4.69) is 20.3 Å². The number of carbonyl (C=O) groups excluding carboxylic acids is 1. The van der Waals surface area contributed by atoms with Crippen molar-refractivity contribution in [3.05, 3.63) is 47.0 Å². The van der Waals surface area contributed by atoms with Gasteiger partial charge in [0.25, 0.3) is 5.91 Å². The summed E-state index contributed by atoms with van der Waals surface area (Å²) in [7, 11) is 0. The third kappa shape index (κ3) is 4.91. The fourth-order valence-corrected chi connectivity index (χ4v) is 2.58. The van der Waals surface area contributed by atoms with E-state index < -0.39 is 17.8 Å². The predicted octanol–water partition coefficient (Wildman–Crippen LogP) is 1.97. The van der Waals surface area contributed by atoms with E-state index in [-0.39, 0.29) is 12.1 Å². The van der Waals surface area contributed by atoms with Gasteiger partial charge in [-0.25, -0.2) is 9.97 Å². The van der Waals surface area contributed by atoms with Crippen molar-refractivity contribution in [3.63, 3.8) is 0 Å². The van der Waals surface area contributed by atoms with Crippen LogP contribution in [0, 0.1) is 6.92 Å². The Balaban J connectivity index is 1.65. The molecule has 0 atom stereocenters.